The Labute approximate surface area is 143 Å². The minimum atomic E-state index is -2.66. The van der Waals surface area contributed by atoms with Crippen molar-refractivity contribution in [2.45, 2.75) is 18.8 Å². The molecule has 0 atom stereocenters. The molecule has 2 aromatic heterocycles. The summed E-state index contributed by atoms with van der Waals surface area (Å²) in [4.78, 5) is 18.5. The van der Waals surface area contributed by atoms with Crippen LogP contribution >= 0.6 is 0 Å². The molecular weight excluding hydrogens is 326 g/mol. The average molecular weight is 344 g/mol. The fraction of sp³-hybridized carbons (Fsp3) is 0.333. The van der Waals surface area contributed by atoms with Crippen molar-refractivity contribution in [1.29, 1.82) is 0 Å². The van der Waals surface area contributed by atoms with Crippen LogP contribution in [-0.2, 0) is 0 Å². The number of alkyl halides is 2. The van der Waals surface area contributed by atoms with E-state index in [4.69, 9.17) is 0 Å². The fourth-order valence-corrected chi connectivity index (χ4v) is 3.21. The monoisotopic (exact) mass is 344 g/mol. The smallest absolute Gasteiger partial charge is 0.255 e. The third-order valence-corrected chi connectivity index (χ3v) is 4.65. The molecule has 0 spiro atoms. The van der Waals surface area contributed by atoms with E-state index in [0.717, 1.165) is 16.7 Å². The zero-order valence-electron chi connectivity index (χ0n) is 13.6. The summed E-state index contributed by atoms with van der Waals surface area (Å²) in [6.45, 7) is 0.857. The molecule has 1 amide bonds. The van der Waals surface area contributed by atoms with E-state index < -0.39 is 5.92 Å². The van der Waals surface area contributed by atoms with Crippen molar-refractivity contribution in [3.8, 4) is 0 Å². The van der Waals surface area contributed by atoms with Crippen LogP contribution < -0.4 is 5.32 Å². The minimum absolute atomic E-state index is 0.0791. The SMILES string of the molecule is O=C(c1cnc2c(ccn2C2=CC=CNC2)c1)N1CCC(F)(F)CC1. The van der Waals surface area contributed by atoms with E-state index in [1.165, 1.54) is 11.1 Å². The molecular formula is C18H18F2N4O. The first kappa shape index (κ1) is 15.8. The third-order valence-electron chi connectivity index (χ3n) is 4.65. The Balaban J connectivity index is 1.59. The van der Waals surface area contributed by atoms with Crippen LogP contribution in [0.1, 0.15) is 23.2 Å². The summed E-state index contributed by atoms with van der Waals surface area (Å²) in [6, 6.07) is 3.68. The number of fused-ring (bicyclic) bond motifs is 1. The Morgan fingerprint density at radius 3 is 2.80 bits per heavy atom. The number of carbonyl (C=O) groups is 1. The molecule has 7 heteroatoms. The van der Waals surface area contributed by atoms with Crippen LogP contribution in [0.5, 0.6) is 0 Å². The van der Waals surface area contributed by atoms with Crippen molar-refractivity contribution in [1.82, 2.24) is 19.8 Å². The maximum atomic E-state index is 13.3. The predicted octanol–water partition coefficient (Wildman–Crippen LogP) is 2.87. The summed E-state index contributed by atoms with van der Waals surface area (Å²) < 4.78 is 28.5. The Kier molecular flexibility index (Phi) is 3.78. The predicted molar refractivity (Wildman–Crippen MR) is 91.2 cm³/mol. The van der Waals surface area contributed by atoms with Gasteiger partial charge in [0.25, 0.3) is 11.8 Å². The largest absolute Gasteiger partial charge is 0.385 e. The van der Waals surface area contributed by atoms with Crippen LogP contribution in [0.15, 0.2) is 42.9 Å². The lowest BCUT2D eigenvalue weighted by atomic mass is 10.1. The van der Waals surface area contributed by atoms with Gasteiger partial charge in [0.15, 0.2) is 0 Å². The normalized spacial score (nSPS) is 19.6. The molecule has 25 heavy (non-hydrogen) atoms. The zero-order chi connectivity index (χ0) is 17.4. The summed E-state index contributed by atoms with van der Waals surface area (Å²) >= 11 is 0. The summed E-state index contributed by atoms with van der Waals surface area (Å²) in [5.74, 6) is -2.90. The van der Waals surface area contributed by atoms with Crippen LogP contribution in [0.25, 0.3) is 16.7 Å². The van der Waals surface area contributed by atoms with E-state index in [9.17, 15) is 13.6 Å². The number of rotatable bonds is 2. The standard InChI is InChI=1S/C18H18F2N4O/c19-18(20)4-8-23(9-5-18)17(25)14-10-13-3-7-24(16(13)22-11-14)15-2-1-6-21-12-15/h1-3,6-7,10-11,21H,4-5,8-9,12H2. The van der Waals surface area contributed by atoms with Crippen molar-refractivity contribution in [3.05, 3.63) is 48.4 Å². The van der Waals surface area contributed by atoms with Crippen LogP contribution in [-0.4, -0.2) is 45.9 Å². The second-order valence-corrected chi connectivity index (χ2v) is 6.37. The molecule has 1 saturated heterocycles. The van der Waals surface area contributed by atoms with E-state index in [-0.39, 0.29) is 31.8 Å². The first-order valence-electron chi connectivity index (χ1n) is 8.27. The Morgan fingerprint density at radius 2 is 2.08 bits per heavy atom. The molecule has 0 saturated carbocycles. The molecule has 4 rings (SSSR count). The van der Waals surface area contributed by atoms with Gasteiger partial charge in [0.2, 0.25) is 0 Å². The number of nitrogens with one attached hydrogen (secondary N) is 1. The van der Waals surface area contributed by atoms with E-state index in [0.29, 0.717) is 12.1 Å². The number of hydrogen-bond donors (Lipinski definition) is 1. The van der Waals surface area contributed by atoms with Gasteiger partial charge in [0.1, 0.15) is 5.65 Å². The van der Waals surface area contributed by atoms with Crippen LogP contribution in [0, 0.1) is 0 Å². The number of allylic oxidation sites excluding steroid dienone is 2. The van der Waals surface area contributed by atoms with Crippen molar-refractivity contribution in [2.24, 2.45) is 0 Å². The maximum Gasteiger partial charge on any atom is 0.255 e. The molecule has 0 bridgehead atoms. The minimum Gasteiger partial charge on any atom is -0.385 e. The van der Waals surface area contributed by atoms with Gasteiger partial charge in [-0.3, -0.25) is 4.79 Å². The van der Waals surface area contributed by atoms with Crippen molar-refractivity contribution in [3.63, 3.8) is 0 Å². The lowest BCUT2D eigenvalue weighted by molar-refractivity contribution is -0.0494. The summed E-state index contributed by atoms with van der Waals surface area (Å²) in [5, 5.41) is 4.00. The number of likely N-dealkylation sites (tertiary alicyclic amines) is 1. The first-order valence-corrected chi connectivity index (χ1v) is 8.27. The van der Waals surface area contributed by atoms with Gasteiger partial charge in [0, 0.05) is 49.4 Å². The lowest BCUT2D eigenvalue weighted by Crippen LogP contribution is -2.42. The maximum absolute atomic E-state index is 13.3. The topological polar surface area (TPSA) is 50.2 Å². The molecule has 2 aromatic rings. The number of dihydropyridines is 1. The summed E-state index contributed by atoms with van der Waals surface area (Å²) in [6.07, 6.45) is 8.69. The summed E-state index contributed by atoms with van der Waals surface area (Å²) in [5.41, 5.74) is 2.26. The van der Waals surface area contributed by atoms with Crippen LogP contribution in [0.3, 0.4) is 0 Å². The molecule has 0 unspecified atom stereocenters. The van der Waals surface area contributed by atoms with Gasteiger partial charge in [-0.15, -0.1) is 0 Å². The molecule has 130 valence electrons. The molecule has 0 aliphatic carbocycles. The Hall–Kier alpha value is -2.70. The van der Waals surface area contributed by atoms with E-state index in [2.05, 4.69) is 10.3 Å². The molecule has 0 radical (unpaired) electrons. The molecule has 0 aromatic carbocycles. The van der Waals surface area contributed by atoms with Gasteiger partial charge in [-0.2, -0.15) is 0 Å². The molecule has 4 heterocycles. The van der Waals surface area contributed by atoms with E-state index >= 15 is 0 Å². The van der Waals surface area contributed by atoms with Gasteiger partial charge in [-0.05, 0) is 30.5 Å². The lowest BCUT2D eigenvalue weighted by Gasteiger charge is -2.31. The van der Waals surface area contributed by atoms with Gasteiger partial charge >= 0.3 is 0 Å². The Bertz CT molecular complexity index is 874. The van der Waals surface area contributed by atoms with E-state index in [1.54, 1.807) is 6.07 Å². The summed E-state index contributed by atoms with van der Waals surface area (Å²) in [7, 11) is 0. The highest BCUT2D eigenvalue weighted by atomic mass is 19.3. The molecule has 5 nitrogen and oxygen atoms in total. The van der Waals surface area contributed by atoms with E-state index in [1.807, 2.05) is 35.2 Å². The number of aromatic nitrogens is 2. The highest BCUT2D eigenvalue weighted by molar-refractivity contribution is 5.97. The molecule has 2 aliphatic heterocycles. The molecule has 1 N–H and O–H groups in total. The number of nitrogens with zero attached hydrogens (tertiary/aromatic N) is 3. The van der Waals surface area contributed by atoms with Gasteiger partial charge < -0.3 is 14.8 Å². The van der Waals surface area contributed by atoms with Crippen molar-refractivity contribution >= 4 is 22.6 Å². The zero-order valence-corrected chi connectivity index (χ0v) is 13.6. The van der Waals surface area contributed by atoms with Gasteiger partial charge in [0.05, 0.1) is 12.1 Å². The van der Waals surface area contributed by atoms with Gasteiger partial charge in [-0.1, -0.05) is 0 Å². The second kappa shape index (κ2) is 5.98. The van der Waals surface area contributed by atoms with Crippen molar-refractivity contribution < 1.29 is 13.6 Å². The number of amides is 1. The first-order chi connectivity index (χ1) is 12.0. The van der Waals surface area contributed by atoms with Crippen molar-refractivity contribution in [2.75, 3.05) is 19.6 Å². The molecule has 2 aliphatic rings. The highest BCUT2D eigenvalue weighted by Gasteiger charge is 2.35. The Morgan fingerprint density at radius 1 is 1.28 bits per heavy atom. The number of halogens is 2. The number of piperidine rings is 1. The number of pyridine rings is 1. The number of carbonyl (C=O) groups excluding carboxylic acids is 1. The van der Waals surface area contributed by atoms with Crippen LogP contribution in [0.2, 0.25) is 0 Å². The van der Waals surface area contributed by atoms with Crippen LogP contribution in [0.4, 0.5) is 8.78 Å². The second-order valence-electron chi connectivity index (χ2n) is 6.37. The third kappa shape index (κ3) is 3.01. The quantitative estimate of drug-likeness (QED) is 0.911. The fourth-order valence-electron chi connectivity index (χ4n) is 3.21. The average Bonchev–Trinajstić information content (AvgIpc) is 3.05. The number of hydrogen-bond acceptors (Lipinski definition) is 3. The molecule has 1 fully saturated rings. The van der Waals surface area contributed by atoms with Gasteiger partial charge in [-0.25, -0.2) is 13.8 Å². The highest BCUT2D eigenvalue weighted by Crippen LogP contribution is 2.28.